The van der Waals surface area contributed by atoms with Gasteiger partial charge in [-0.25, -0.2) is 0 Å². The molecule has 22 heavy (non-hydrogen) atoms. The molecule has 3 rings (SSSR count). The number of rotatable bonds is 5. The summed E-state index contributed by atoms with van der Waals surface area (Å²) in [4.78, 5) is 0. The molecule has 115 valence electrons. The van der Waals surface area contributed by atoms with Crippen molar-refractivity contribution in [3.8, 4) is 11.5 Å². The second-order valence-electron chi connectivity index (χ2n) is 5.25. The number of para-hydroxylation sites is 1. The molecule has 2 N–H and O–H groups in total. The van der Waals surface area contributed by atoms with Crippen molar-refractivity contribution in [3.63, 3.8) is 0 Å². The van der Waals surface area contributed by atoms with Gasteiger partial charge in [0.15, 0.2) is 11.5 Å². The smallest absolute Gasteiger partial charge is 0.164 e. The Hall–Kier alpha value is -2.04. The molecule has 2 aromatic carbocycles. The molecule has 1 fully saturated rings. The van der Waals surface area contributed by atoms with Gasteiger partial charge < -0.3 is 14.6 Å². The van der Waals surface area contributed by atoms with E-state index in [1.165, 1.54) is 5.56 Å². The fourth-order valence-corrected chi connectivity index (χ4v) is 2.79. The van der Waals surface area contributed by atoms with Crippen molar-refractivity contribution in [2.45, 2.75) is 12.6 Å². The van der Waals surface area contributed by atoms with Gasteiger partial charge >= 0.3 is 0 Å². The van der Waals surface area contributed by atoms with E-state index in [-0.39, 0.29) is 12.0 Å². The van der Waals surface area contributed by atoms with Crippen molar-refractivity contribution in [1.82, 2.24) is 5.32 Å². The number of hydrogen-bond acceptors (Lipinski definition) is 4. The number of benzene rings is 2. The lowest BCUT2D eigenvalue weighted by molar-refractivity contribution is 0.113. The SMILES string of the molecule is COc1c(O)cccc1[C](Cc1ccccc1)C1NCCO1. The summed E-state index contributed by atoms with van der Waals surface area (Å²) in [5.74, 6) is 1.70. The molecule has 1 aliphatic rings. The number of phenolic OH excluding ortho intramolecular Hbond substituents is 1. The Morgan fingerprint density at radius 1 is 1.23 bits per heavy atom. The molecular formula is C18H20NO3. The summed E-state index contributed by atoms with van der Waals surface area (Å²) in [6.07, 6.45) is 0.578. The fourth-order valence-electron chi connectivity index (χ4n) is 2.79. The standard InChI is InChI=1S/C18H20NO3/c1-21-17-14(8-5-9-16(17)20)15(18-19-10-11-22-18)12-13-6-3-2-4-7-13/h2-9,18-20H,10-12H2,1H3. The zero-order chi connectivity index (χ0) is 15.4. The van der Waals surface area contributed by atoms with Gasteiger partial charge in [-0.3, -0.25) is 5.32 Å². The summed E-state index contributed by atoms with van der Waals surface area (Å²) in [5.41, 5.74) is 2.07. The van der Waals surface area contributed by atoms with Crippen molar-refractivity contribution >= 4 is 0 Å². The van der Waals surface area contributed by atoms with Crippen molar-refractivity contribution in [2.75, 3.05) is 20.3 Å². The monoisotopic (exact) mass is 298 g/mol. The largest absolute Gasteiger partial charge is 0.504 e. The summed E-state index contributed by atoms with van der Waals surface area (Å²) in [6.45, 7) is 1.51. The summed E-state index contributed by atoms with van der Waals surface area (Å²) < 4.78 is 11.2. The Bertz CT molecular complexity index is 609. The van der Waals surface area contributed by atoms with Gasteiger partial charge in [-0.05, 0) is 18.1 Å². The average molecular weight is 298 g/mol. The maximum atomic E-state index is 10.0. The lowest BCUT2D eigenvalue weighted by Crippen LogP contribution is -2.32. The van der Waals surface area contributed by atoms with E-state index in [0.29, 0.717) is 12.4 Å². The number of phenols is 1. The molecule has 0 spiro atoms. The second-order valence-corrected chi connectivity index (χ2v) is 5.25. The van der Waals surface area contributed by atoms with E-state index in [0.717, 1.165) is 24.4 Å². The van der Waals surface area contributed by atoms with Crippen LogP contribution in [0.3, 0.4) is 0 Å². The Kier molecular flexibility index (Phi) is 4.61. The van der Waals surface area contributed by atoms with Crippen LogP contribution in [0.4, 0.5) is 0 Å². The third kappa shape index (κ3) is 3.08. The number of nitrogens with one attached hydrogen (secondary N) is 1. The molecule has 1 unspecified atom stereocenters. The first-order valence-electron chi connectivity index (χ1n) is 7.40. The van der Waals surface area contributed by atoms with E-state index in [1.54, 1.807) is 13.2 Å². The van der Waals surface area contributed by atoms with Crippen LogP contribution in [0.15, 0.2) is 48.5 Å². The van der Waals surface area contributed by atoms with Gasteiger partial charge in [0.25, 0.3) is 0 Å². The van der Waals surface area contributed by atoms with E-state index in [9.17, 15) is 5.11 Å². The summed E-state index contributed by atoms with van der Waals surface area (Å²) in [5, 5.41) is 13.4. The quantitative estimate of drug-likeness (QED) is 0.890. The van der Waals surface area contributed by atoms with Crippen LogP contribution in [0.2, 0.25) is 0 Å². The third-order valence-electron chi connectivity index (χ3n) is 3.81. The molecule has 1 heterocycles. The highest BCUT2D eigenvalue weighted by atomic mass is 16.5. The van der Waals surface area contributed by atoms with Crippen LogP contribution >= 0.6 is 0 Å². The Labute approximate surface area is 130 Å². The Morgan fingerprint density at radius 3 is 2.73 bits per heavy atom. The lowest BCUT2D eigenvalue weighted by atomic mass is 9.89. The Morgan fingerprint density at radius 2 is 2.05 bits per heavy atom. The predicted octanol–water partition coefficient (Wildman–Crippen LogP) is 2.51. The molecule has 0 aliphatic carbocycles. The maximum absolute atomic E-state index is 10.0. The highest BCUT2D eigenvalue weighted by Crippen LogP contribution is 2.37. The van der Waals surface area contributed by atoms with Crippen LogP contribution in [-0.2, 0) is 11.2 Å². The molecule has 0 saturated carbocycles. The van der Waals surface area contributed by atoms with Crippen molar-refractivity contribution in [3.05, 3.63) is 65.6 Å². The van der Waals surface area contributed by atoms with Gasteiger partial charge in [-0.1, -0.05) is 42.5 Å². The van der Waals surface area contributed by atoms with E-state index >= 15 is 0 Å². The van der Waals surface area contributed by atoms with Gasteiger partial charge in [-0.15, -0.1) is 0 Å². The summed E-state index contributed by atoms with van der Waals surface area (Å²) in [6, 6.07) is 15.6. The number of methoxy groups -OCH3 is 1. The molecule has 0 amide bonds. The minimum Gasteiger partial charge on any atom is -0.504 e. The molecule has 0 aromatic heterocycles. The molecule has 1 radical (unpaired) electrons. The molecule has 2 aromatic rings. The molecule has 1 saturated heterocycles. The normalized spacial score (nSPS) is 17.8. The maximum Gasteiger partial charge on any atom is 0.164 e. The minimum absolute atomic E-state index is 0.142. The van der Waals surface area contributed by atoms with Gasteiger partial charge in [0.2, 0.25) is 0 Å². The van der Waals surface area contributed by atoms with Gasteiger partial charge in [0.05, 0.1) is 19.6 Å². The molecule has 0 bridgehead atoms. The Balaban J connectivity index is 1.96. The van der Waals surface area contributed by atoms with Gasteiger partial charge in [-0.2, -0.15) is 0 Å². The molecular weight excluding hydrogens is 278 g/mol. The second kappa shape index (κ2) is 6.81. The first kappa shape index (κ1) is 14.9. The predicted molar refractivity (Wildman–Crippen MR) is 84.9 cm³/mol. The molecule has 1 aliphatic heterocycles. The van der Waals surface area contributed by atoms with Crippen LogP contribution in [0.1, 0.15) is 11.1 Å². The van der Waals surface area contributed by atoms with Crippen LogP contribution < -0.4 is 10.1 Å². The van der Waals surface area contributed by atoms with Crippen LogP contribution in [-0.4, -0.2) is 31.6 Å². The topological polar surface area (TPSA) is 50.7 Å². The zero-order valence-electron chi connectivity index (χ0n) is 12.6. The summed E-state index contributed by atoms with van der Waals surface area (Å²) >= 11 is 0. The van der Waals surface area contributed by atoms with Crippen LogP contribution in [0.25, 0.3) is 0 Å². The number of ether oxygens (including phenoxy) is 2. The average Bonchev–Trinajstić information content (AvgIpc) is 3.07. The number of hydrogen-bond donors (Lipinski definition) is 2. The van der Waals surface area contributed by atoms with Crippen LogP contribution in [0.5, 0.6) is 11.5 Å². The van der Waals surface area contributed by atoms with E-state index < -0.39 is 0 Å². The zero-order valence-corrected chi connectivity index (χ0v) is 12.6. The summed E-state index contributed by atoms with van der Waals surface area (Å²) in [7, 11) is 1.57. The first-order chi connectivity index (χ1) is 10.8. The molecule has 4 nitrogen and oxygen atoms in total. The van der Waals surface area contributed by atoms with Crippen molar-refractivity contribution < 1.29 is 14.6 Å². The van der Waals surface area contributed by atoms with E-state index in [1.807, 2.05) is 30.3 Å². The fraction of sp³-hybridized carbons (Fsp3) is 0.278. The van der Waals surface area contributed by atoms with E-state index in [4.69, 9.17) is 9.47 Å². The first-order valence-corrected chi connectivity index (χ1v) is 7.40. The van der Waals surface area contributed by atoms with Crippen LogP contribution in [0, 0.1) is 5.92 Å². The highest BCUT2D eigenvalue weighted by Gasteiger charge is 2.30. The van der Waals surface area contributed by atoms with Crippen molar-refractivity contribution in [2.24, 2.45) is 0 Å². The number of aromatic hydroxyl groups is 1. The minimum atomic E-state index is -0.157. The van der Waals surface area contributed by atoms with Gasteiger partial charge in [0, 0.05) is 12.1 Å². The molecule has 1 atom stereocenters. The lowest BCUT2D eigenvalue weighted by Gasteiger charge is -2.25. The van der Waals surface area contributed by atoms with Gasteiger partial charge in [0.1, 0.15) is 6.23 Å². The molecule has 4 heteroatoms. The third-order valence-corrected chi connectivity index (χ3v) is 3.81. The highest BCUT2D eigenvalue weighted by molar-refractivity contribution is 5.53. The van der Waals surface area contributed by atoms with Crippen molar-refractivity contribution in [1.29, 1.82) is 0 Å². The van der Waals surface area contributed by atoms with E-state index in [2.05, 4.69) is 17.4 Å².